The Morgan fingerprint density at radius 2 is 1.85 bits per heavy atom. The third kappa shape index (κ3) is 3.35. The summed E-state index contributed by atoms with van der Waals surface area (Å²) < 4.78 is 11.1. The first-order chi connectivity index (χ1) is 9.67. The Bertz CT molecular complexity index is 508. The van der Waals surface area contributed by atoms with E-state index in [4.69, 9.17) is 9.47 Å². The van der Waals surface area contributed by atoms with Crippen molar-refractivity contribution >= 4 is 35.0 Å². The van der Waals surface area contributed by atoms with Crippen LogP contribution in [0.4, 0.5) is 0 Å². The van der Waals surface area contributed by atoms with Gasteiger partial charge < -0.3 is 9.47 Å². The fourth-order valence-electron chi connectivity index (χ4n) is 2.24. The molecule has 0 aromatic carbocycles. The first-order valence-electron chi connectivity index (χ1n) is 6.77. The number of thiophene rings is 1. The van der Waals surface area contributed by atoms with Gasteiger partial charge >= 0.3 is 11.9 Å². The van der Waals surface area contributed by atoms with Crippen molar-refractivity contribution in [3.63, 3.8) is 0 Å². The van der Waals surface area contributed by atoms with Crippen molar-refractivity contribution in [3.05, 3.63) is 16.0 Å². The zero-order valence-electron chi connectivity index (χ0n) is 11.7. The number of thioether (sulfide) groups is 1. The predicted octanol–water partition coefficient (Wildman–Crippen LogP) is 3.07. The lowest BCUT2D eigenvalue weighted by Gasteiger charge is -2.01. The van der Waals surface area contributed by atoms with Gasteiger partial charge in [-0.3, -0.25) is 4.79 Å². The zero-order chi connectivity index (χ0) is 14.5. The van der Waals surface area contributed by atoms with Gasteiger partial charge in [0.15, 0.2) is 0 Å². The van der Waals surface area contributed by atoms with E-state index in [0.29, 0.717) is 23.8 Å². The molecule has 0 spiro atoms. The molecule has 0 N–H and O–H groups in total. The van der Waals surface area contributed by atoms with Crippen molar-refractivity contribution < 1.29 is 19.1 Å². The van der Waals surface area contributed by atoms with Gasteiger partial charge in [-0.1, -0.05) is 0 Å². The van der Waals surface area contributed by atoms with E-state index in [1.807, 2.05) is 6.92 Å². The summed E-state index contributed by atoms with van der Waals surface area (Å²) in [5.74, 6) is -0.155. The number of hydrogen-bond acceptors (Lipinski definition) is 6. The summed E-state index contributed by atoms with van der Waals surface area (Å²) in [5, 5.41) is 0. The molecule has 1 aromatic heterocycles. The van der Waals surface area contributed by atoms with Crippen LogP contribution < -0.4 is 0 Å². The number of fused-ring (bicyclic) bond motifs is 1. The van der Waals surface area contributed by atoms with Crippen molar-refractivity contribution in [3.8, 4) is 0 Å². The molecule has 110 valence electrons. The van der Waals surface area contributed by atoms with E-state index in [1.165, 1.54) is 28.7 Å². The van der Waals surface area contributed by atoms with Crippen molar-refractivity contribution in [1.82, 2.24) is 0 Å². The van der Waals surface area contributed by atoms with Crippen LogP contribution in [0.3, 0.4) is 0 Å². The lowest BCUT2D eigenvalue weighted by Crippen LogP contribution is -2.06. The quantitative estimate of drug-likeness (QED) is 0.596. The lowest BCUT2D eigenvalue weighted by atomic mass is 10.2. The van der Waals surface area contributed by atoms with E-state index in [1.54, 1.807) is 6.92 Å². The number of carbonyl (C=O) groups is 2. The van der Waals surface area contributed by atoms with Crippen LogP contribution in [0.5, 0.6) is 0 Å². The van der Waals surface area contributed by atoms with Crippen molar-refractivity contribution in [2.45, 2.75) is 37.3 Å². The molecule has 1 aromatic rings. The number of esters is 2. The number of rotatable bonds is 6. The maximum Gasteiger partial charge on any atom is 0.348 e. The van der Waals surface area contributed by atoms with Gasteiger partial charge in [-0.05, 0) is 44.2 Å². The maximum absolute atomic E-state index is 11.9. The Labute approximate surface area is 126 Å². The zero-order valence-corrected chi connectivity index (χ0v) is 13.3. The predicted molar refractivity (Wildman–Crippen MR) is 79.7 cm³/mol. The molecular formula is C14H18O4S2. The third-order valence-electron chi connectivity index (χ3n) is 3.02. The van der Waals surface area contributed by atoms with Gasteiger partial charge in [0.2, 0.25) is 0 Å². The van der Waals surface area contributed by atoms with Crippen molar-refractivity contribution in [2.24, 2.45) is 0 Å². The lowest BCUT2D eigenvalue weighted by molar-refractivity contribution is -0.139. The molecule has 0 bridgehead atoms. The van der Waals surface area contributed by atoms with Crippen LogP contribution in [0.1, 0.15) is 41.1 Å². The largest absolute Gasteiger partial charge is 0.465 e. The minimum Gasteiger partial charge on any atom is -0.465 e. The highest BCUT2D eigenvalue weighted by molar-refractivity contribution is 8.01. The summed E-state index contributed by atoms with van der Waals surface area (Å²) in [6, 6.07) is 0. The summed E-state index contributed by atoms with van der Waals surface area (Å²) in [6.45, 7) is 4.39. The van der Waals surface area contributed by atoms with Gasteiger partial charge in [-0.2, -0.15) is 0 Å². The van der Waals surface area contributed by atoms with E-state index in [2.05, 4.69) is 0 Å². The van der Waals surface area contributed by atoms with Crippen LogP contribution in [-0.4, -0.2) is 30.9 Å². The molecule has 1 aliphatic carbocycles. The monoisotopic (exact) mass is 314 g/mol. The SMILES string of the molecule is CCOC(=O)CSc1sc(C(=O)OCC)c2c1CCC2. The van der Waals surface area contributed by atoms with Crippen LogP contribution >= 0.6 is 23.1 Å². The minimum atomic E-state index is -0.237. The van der Waals surface area contributed by atoms with E-state index in [0.717, 1.165) is 29.0 Å². The molecule has 20 heavy (non-hydrogen) atoms. The van der Waals surface area contributed by atoms with Gasteiger partial charge in [-0.25, -0.2) is 4.79 Å². The van der Waals surface area contributed by atoms with Crippen LogP contribution in [-0.2, 0) is 27.1 Å². The molecule has 2 rings (SSSR count). The molecule has 0 unspecified atom stereocenters. The summed E-state index contributed by atoms with van der Waals surface area (Å²) >= 11 is 2.92. The van der Waals surface area contributed by atoms with E-state index in [9.17, 15) is 9.59 Å². The molecular weight excluding hydrogens is 296 g/mol. The molecule has 0 saturated heterocycles. The van der Waals surface area contributed by atoms with Crippen LogP contribution in [0.2, 0.25) is 0 Å². The maximum atomic E-state index is 11.9. The average molecular weight is 314 g/mol. The Hall–Kier alpha value is -1.01. The molecule has 0 amide bonds. The molecule has 0 atom stereocenters. The Morgan fingerprint density at radius 1 is 1.15 bits per heavy atom. The molecule has 6 heteroatoms. The summed E-state index contributed by atoms with van der Waals surface area (Å²) in [4.78, 5) is 24.1. The first kappa shape index (κ1) is 15.4. The Morgan fingerprint density at radius 3 is 2.55 bits per heavy atom. The van der Waals surface area contributed by atoms with E-state index in [-0.39, 0.29) is 11.9 Å². The first-order valence-corrected chi connectivity index (χ1v) is 8.57. The molecule has 4 nitrogen and oxygen atoms in total. The average Bonchev–Trinajstić information content (AvgIpc) is 2.99. The molecule has 0 fully saturated rings. The van der Waals surface area contributed by atoms with Gasteiger partial charge in [0.1, 0.15) is 4.88 Å². The highest BCUT2D eigenvalue weighted by Crippen LogP contribution is 2.41. The third-order valence-corrected chi connectivity index (χ3v) is 5.56. The van der Waals surface area contributed by atoms with Gasteiger partial charge in [-0.15, -0.1) is 23.1 Å². The molecule has 0 saturated carbocycles. The Kier molecular flexibility index (Phi) is 5.48. The topological polar surface area (TPSA) is 52.6 Å². The van der Waals surface area contributed by atoms with Crippen LogP contribution in [0.25, 0.3) is 0 Å². The number of ether oxygens (including phenoxy) is 2. The Balaban J connectivity index is 2.12. The molecule has 1 aliphatic rings. The second kappa shape index (κ2) is 7.13. The highest BCUT2D eigenvalue weighted by atomic mass is 32.2. The second-order valence-corrected chi connectivity index (χ2v) is 6.61. The molecule has 0 aliphatic heterocycles. The smallest absolute Gasteiger partial charge is 0.348 e. The minimum absolute atomic E-state index is 0.213. The summed E-state index contributed by atoms with van der Waals surface area (Å²) in [7, 11) is 0. The van der Waals surface area contributed by atoms with E-state index < -0.39 is 0 Å². The molecule has 1 heterocycles. The number of hydrogen-bond donors (Lipinski definition) is 0. The van der Waals surface area contributed by atoms with Gasteiger partial charge in [0.05, 0.1) is 23.2 Å². The van der Waals surface area contributed by atoms with Gasteiger partial charge in [0, 0.05) is 0 Å². The van der Waals surface area contributed by atoms with Crippen molar-refractivity contribution in [2.75, 3.05) is 19.0 Å². The van der Waals surface area contributed by atoms with Crippen molar-refractivity contribution in [1.29, 1.82) is 0 Å². The standard InChI is InChI=1S/C14H18O4S2/c1-3-17-11(15)8-19-14-10-7-5-6-9(10)12(20-14)13(16)18-4-2/h3-8H2,1-2H3. The highest BCUT2D eigenvalue weighted by Gasteiger charge is 2.27. The number of carbonyl (C=O) groups excluding carboxylic acids is 2. The van der Waals surface area contributed by atoms with E-state index >= 15 is 0 Å². The van der Waals surface area contributed by atoms with Crippen LogP contribution in [0.15, 0.2) is 4.21 Å². The van der Waals surface area contributed by atoms with Gasteiger partial charge in [0.25, 0.3) is 0 Å². The summed E-state index contributed by atoms with van der Waals surface area (Å²) in [5.41, 5.74) is 2.35. The fraction of sp³-hybridized carbons (Fsp3) is 0.571. The fourth-order valence-corrected chi connectivity index (χ4v) is 4.66. The van der Waals surface area contributed by atoms with Crippen LogP contribution in [0, 0.1) is 0 Å². The normalized spacial score (nSPS) is 13.1. The molecule has 0 radical (unpaired) electrons. The summed E-state index contributed by atoms with van der Waals surface area (Å²) in [6.07, 6.45) is 2.98. The second-order valence-electron chi connectivity index (χ2n) is 4.34.